The molecule has 0 spiro atoms. The molecule has 0 bridgehead atoms. The van der Waals surface area contributed by atoms with Gasteiger partial charge in [0, 0.05) is 12.6 Å². The van der Waals surface area contributed by atoms with Crippen LogP contribution in [0.1, 0.15) is 16.8 Å². The lowest BCUT2D eigenvalue weighted by molar-refractivity contribution is -0.143. The molecule has 0 atom stereocenters. The van der Waals surface area contributed by atoms with E-state index in [-0.39, 0.29) is 0 Å². The van der Waals surface area contributed by atoms with Crippen molar-refractivity contribution in [3.05, 3.63) is 77.5 Å². The van der Waals surface area contributed by atoms with Crippen LogP contribution in [0.15, 0.2) is 60.7 Å². The van der Waals surface area contributed by atoms with Gasteiger partial charge in [-0.15, -0.1) is 0 Å². The largest absolute Gasteiger partial charge is 0.433 e. The molecule has 2 aromatic carbocycles. The molecular formula is C18H15F3N2. The number of aryl methyl sites for hydroxylation is 1. The van der Waals surface area contributed by atoms with Crippen LogP contribution in [0.4, 0.5) is 13.2 Å². The summed E-state index contributed by atoms with van der Waals surface area (Å²) in [5, 5.41) is 4.05. The fourth-order valence-corrected chi connectivity index (χ4v) is 2.60. The molecule has 0 aliphatic carbocycles. The number of benzene rings is 2. The third kappa shape index (κ3) is 3.28. The van der Waals surface area contributed by atoms with Crippen molar-refractivity contribution in [3.8, 4) is 11.3 Å². The summed E-state index contributed by atoms with van der Waals surface area (Å²) in [6.07, 6.45) is -3.76. The topological polar surface area (TPSA) is 17.8 Å². The molecule has 5 heteroatoms. The second kappa shape index (κ2) is 5.91. The van der Waals surface area contributed by atoms with Gasteiger partial charge in [-0.05, 0) is 23.6 Å². The van der Waals surface area contributed by atoms with Crippen molar-refractivity contribution >= 4 is 0 Å². The van der Waals surface area contributed by atoms with Crippen molar-refractivity contribution in [2.24, 2.45) is 7.05 Å². The van der Waals surface area contributed by atoms with Gasteiger partial charge in [-0.1, -0.05) is 54.6 Å². The monoisotopic (exact) mass is 316 g/mol. The number of aromatic nitrogens is 2. The van der Waals surface area contributed by atoms with E-state index in [9.17, 15) is 13.2 Å². The van der Waals surface area contributed by atoms with Crippen molar-refractivity contribution in [1.82, 2.24) is 9.78 Å². The minimum atomic E-state index is -4.41. The molecular weight excluding hydrogens is 301 g/mol. The zero-order valence-corrected chi connectivity index (χ0v) is 12.5. The van der Waals surface area contributed by atoms with Crippen LogP contribution >= 0.6 is 0 Å². The van der Waals surface area contributed by atoms with Crippen LogP contribution < -0.4 is 0 Å². The lowest BCUT2D eigenvalue weighted by atomic mass is 9.98. The van der Waals surface area contributed by atoms with Gasteiger partial charge in [-0.2, -0.15) is 18.3 Å². The van der Waals surface area contributed by atoms with E-state index in [2.05, 4.69) is 5.10 Å². The second-order valence-corrected chi connectivity index (χ2v) is 5.36. The Morgan fingerprint density at radius 2 is 1.61 bits per heavy atom. The average Bonchev–Trinajstić information content (AvgIpc) is 2.91. The highest BCUT2D eigenvalue weighted by molar-refractivity contribution is 5.64. The maximum atomic E-state index is 13.0. The zero-order valence-electron chi connectivity index (χ0n) is 12.5. The summed E-state index contributed by atoms with van der Waals surface area (Å²) in [5.74, 6) is 0. The van der Waals surface area contributed by atoms with E-state index in [0.29, 0.717) is 12.1 Å². The molecule has 0 amide bonds. The van der Waals surface area contributed by atoms with Crippen molar-refractivity contribution in [3.63, 3.8) is 0 Å². The first-order valence-corrected chi connectivity index (χ1v) is 7.18. The maximum absolute atomic E-state index is 13.0. The van der Waals surface area contributed by atoms with E-state index in [1.165, 1.54) is 7.05 Å². The number of rotatable bonds is 3. The van der Waals surface area contributed by atoms with E-state index in [1.54, 1.807) is 6.07 Å². The van der Waals surface area contributed by atoms with Gasteiger partial charge < -0.3 is 0 Å². The van der Waals surface area contributed by atoms with Crippen LogP contribution in [0.5, 0.6) is 0 Å². The molecule has 0 saturated heterocycles. The van der Waals surface area contributed by atoms with Gasteiger partial charge in [0.15, 0.2) is 0 Å². The van der Waals surface area contributed by atoms with Gasteiger partial charge in [0.1, 0.15) is 5.69 Å². The number of hydrogen-bond acceptors (Lipinski definition) is 1. The highest BCUT2D eigenvalue weighted by atomic mass is 19.4. The van der Waals surface area contributed by atoms with Crippen molar-refractivity contribution in [2.45, 2.75) is 12.6 Å². The van der Waals surface area contributed by atoms with Crippen LogP contribution in [0.2, 0.25) is 0 Å². The van der Waals surface area contributed by atoms with Crippen LogP contribution in [0.3, 0.4) is 0 Å². The molecule has 3 rings (SSSR count). The molecule has 0 unspecified atom stereocenters. The normalized spacial score (nSPS) is 11.7. The summed E-state index contributed by atoms with van der Waals surface area (Å²) < 4.78 is 39.8. The number of hydrogen-bond donors (Lipinski definition) is 0. The third-order valence-electron chi connectivity index (χ3n) is 3.70. The first-order chi connectivity index (χ1) is 10.9. The average molecular weight is 316 g/mol. The lowest BCUT2D eigenvalue weighted by Crippen LogP contribution is -2.11. The van der Waals surface area contributed by atoms with Crippen LogP contribution in [-0.4, -0.2) is 9.78 Å². The van der Waals surface area contributed by atoms with E-state index in [4.69, 9.17) is 0 Å². The fourth-order valence-electron chi connectivity index (χ4n) is 2.60. The summed E-state index contributed by atoms with van der Waals surface area (Å²) in [7, 11) is 1.31. The zero-order chi connectivity index (χ0) is 16.4. The molecule has 1 aromatic heterocycles. The Labute approximate surface area is 132 Å². The Hall–Kier alpha value is -2.56. The van der Waals surface area contributed by atoms with Gasteiger partial charge in [0.25, 0.3) is 0 Å². The summed E-state index contributed by atoms with van der Waals surface area (Å²) in [4.78, 5) is 0. The van der Waals surface area contributed by atoms with Gasteiger partial charge in [0.05, 0.1) is 5.69 Å². The van der Waals surface area contributed by atoms with Crippen molar-refractivity contribution in [2.75, 3.05) is 0 Å². The van der Waals surface area contributed by atoms with E-state index in [1.807, 2.05) is 48.5 Å². The van der Waals surface area contributed by atoms with Crippen molar-refractivity contribution < 1.29 is 13.2 Å². The quantitative estimate of drug-likeness (QED) is 0.685. The van der Waals surface area contributed by atoms with Crippen LogP contribution in [0, 0.1) is 0 Å². The molecule has 118 valence electrons. The molecule has 3 aromatic rings. The van der Waals surface area contributed by atoms with Gasteiger partial charge in [-0.25, -0.2) is 0 Å². The molecule has 0 fully saturated rings. The summed E-state index contributed by atoms with van der Waals surface area (Å²) in [5.41, 5.74) is 2.37. The first-order valence-electron chi connectivity index (χ1n) is 7.18. The lowest BCUT2D eigenvalue weighted by Gasteiger charge is -2.07. The molecule has 0 radical (unpaired) electrons. The number of halogens is 3. The van der Waals surface area contributed by atoms with E-state index in [0.717, 1.165) is 27.4 Å². The fraction of sp³-hybridized carbons (Fsp3) is 0.167. The summed E-state index contributed by atoms with van der Waals surface area (Å²) >= 11 is 0. The number of alkyl halides is 3. The Morgan fingerprint density at radius 3 is 2.26 bits per heavy atom. The van der Waals surface area contributed by atoms with Crippen LogP contribution in [0.25, 0.3) is 11.3 Å². The van der Waals surface area contributed by atoms with Gasteiger partial charge >= 0.3 is 6.18 Å². The molecule has 0 aliphatic heterocycles. The second-order valence-electron chi connectivity index (χ2n) is 5.36. The number of nitrogens with zero attached hydrogens (tertiary/aromatic N) is 2. The molecule has 2 nitrogen and oxygen atoms in total. The Kier molecular flexibility index (Phi) is 3.94. The predicted octanol–water partition coefficient (Wildman–Crippen LogP) is 4.70. The Balaban J connectivity index is 2.01. The molecule has 0 saturated carbocycles. The van der Waals surface area contributed by atoms with Crippen LogP contribution in [-0.2, 0) is 19.6 Å². The highest BCUT2D eigenvalue weighted by Gasteiger charge is 2.35. The molecule has 0 aliphatic rings. The maximum Gasteiger partial charge on any atom is 0.433 e. The van der Waals surface area contributed by atoms with E-state index < -0.39 is 11.9 Å². The summed E-state index contributed by atoms with van der Waals surface area (Å²) in [6, 6.07) is 18.3. The molecule has 23 heavy (non-hydrogen) atoms. The predicted molar refractivity (Wildman–Crippen MR) is 82.9 cm³/mol. The van der Waals surface area contributed by atoms with Gasteiger partial charge in [0.2, 0.25) is 0 Å². The van der Waals surface area contributed by atoms with E-state index >= 15 is 0 Å². The first kappa shape index (κ1) is 15.3. The third-order valence-corrected chi connectivity index (χ3v) is 3.70. The Bertz CT molecular complexity index is 805. The minimum Gasteiger partial charge on any atom is -0.263 e. The van der Waals surface area contributed by atoms with Gasteiger partial charge in [-0.3, -0.25) is 4.68 Å². The standard InChI is InChI=1S/C18H15F3N2/c1-23-17(18(19,20)21)12-16(22-23)15-10-6-5-9-14(15)11-13-7-3-2-4-8-13/h2-10,12H,11H2,1H3. The molecule has 1 heterocycles. The summed E-state index contributed by atoms with van der Waals surface area (Å²) in [6.45, 7) is 0. The highest BCUT2D eigenvalue weighted by Crippen LogP contribution is 2.33. The molecule has 0 N–H and O–H groups in total. The smallest absolute Gasteiger partial charge is 0.263 e. The minimum absolute atomic E-state index is 0.339. The van der Waals surface area contributed by atoms with Crippen molar-refractivity contribution in [1.29, 1.82) is 0 Å². The Morgan fingerprint density at radius 1 is 0.957 bits per heavy atom. The SMILES string of the molecule is Cn1nc(-c2ccccc2Cc2ccccc2)cc1C(F)(F)F.